The van der Waals surface area contributed by atoms with Crippen molar-refractivity contribution in [3.63, 3.8) is 0 Å². The summed E-state index contributed by atoms with van der Waals surface area (Å²) >= 11 is 0. The average Bonchev–Trinajstić information content (AvgIpc) is 3.02. The van der Waals surface area contributed by atoms with E-state index in [-0.39, 0.29) is 0 Å². The number of fused-ring (bicyclic) bond motifs is 6. The van der Waals surface area contributed by atoms with Crippen LogP contribution in [0.1, 0.15) is 23.1 Å². The van der Waals surface area contributed by atoms with Crippen molar-refractivity contribution in [3.05, 3.63) is 72.0 Å². The third kappa shape index (κ3) is 0.867. The fourth-order valence-corrected chi connectivity index (χ4v) is 3.14. The smallest absolute Gasteiger partial charge is 0.0733 e. The first-order valence-electron chi connectivity index (χ1n) is 5.78. The third-order valence-electron chi connectivity index (χ3n) is 3.94. The van der Waals surface area contributed by atoms with Crippen molar-refractivity contribution in [2.24, 2.45) is 0 Å². The average molecular weight is 207 g/mol. The van der Waals surface area contributed by atoms with Gasteiger partial charge in [0.25, 0.3) is 0 Å². The van der Waals surface area contributed by atoms with Gasteiger partial charge in [-0.1, -0.05) is 43.0 Å². The summed E-state index contributed by atoms with van der Waals surface area (Å²) in [4.78, 5) is 2.44. The summed E-state index contributed by atoms with van der Waals surface area (Å²) in [6.07, 6.45) is 8.74. The van der Waals surface area contributed by atoms with Gasteiger partial charge in [0.15, 0.2) is 0 Å². The van der Waals surface area contributed by atoms with Gasteiger partial charge in [0.1, 0.15) is 0 Å². The maximum absolute atomic E-state index is 4.20. The lowest BCUT2D eigenvalue weighted by Gasteiger charge is -2.35. The standard InChI is InChI=1S/C15H13N/c1-10-14-12-7-3-2-6-11(12)13-8-4-5-9-16(13)15(10)14/h2-9,13-15H,1H2. The summed E-state index contributed by atoms with van der Waals surface area (Å²) in [5, 5.41) is 0. The quantitative estimate of drug-likeness (QED) is 0.591. The second kappa shape index (κ2) is 2.67. The molecule has 1 heteroatoms. The van der Waals surface area contributed by atoms with E-state index in [2.05, 4.69) is 60.2 Å². The Labute approximate surface area is 95.4 Å². The van der Waals surface area contributed by atoms with Crippen LogP contribution in [0.15, 0.2) is 60.8 Å². The molecule has 0 aromatic heterocycles. The monoisotopic (exact) mass is 207 g/mol. The van der Waals surface area contributed by atoms with Gasteiger partial charge in [0.2, 0.25) is 0 Å². The molecule has 3 unspecified atom stereocenters. The van der Waals surface area contributed by atoms with E-state index in [1.807, 2.05) is 0 Å². The van der Waals surface area contributed by atoms with E-state index in [0.717, 1.165) is 0 Å². The van der Waals surface area contributed by atoms with E-state index in [9.17, 15) is 0 Å². The molecule has 1 saturated carbocycles. The predicted octanol–water partition coefficient (Wildman–Crippen LogP) is 3.15. The zero-order valence-corrected chi connectivity index (χ0v) is 9.01. The molecule has 0 saturated heterocycles. The summed E-state index contributed by atoms with van der Waals surface area (Å²) < 4.78 is 0. The lowest BCUT2D eigenvalue weighted by atomic mass is 9.91. The number of rotatable bonds is 0. The fraction of sp³-hybridized carbons (Fsp3) is 0.200. The molecule has 2 aliphatic heterocycles. The van der Waals surface area contributed by atoms with Crippen molar-refractivity contribution in [2.75, 3.05) is 0 Å². The van der Waals surface area contributed by atoms with E-state index in [1.54, 1.807) is 0 Å². The van der Waals surface area contributed by atoms with Crippen LogP contribution in [0.25, 0.3) is 0 Å². The first kappa shape index (κ1) is 8.40. The molecule has 1 aliphatic carbocycles. The van der Waals surface area contributed by atoms with Gasteiger partial charge in [-0.3, -0.25) is 0 Å². The first-order valence-corrected chi connectivity index (χ1v) is 5.78. The predicted molar refractivity (Wildman–Crippen MR) is 65.0 cm³/mol. The van der Waals surface area contributed by atoms with Gasteiger partial charge in [-0.15, -0.1) is 0 Å². The van der Waals surface area contributed by atoms with E-state index in [4.69, 9.17) is 0 Å². The van der Waals surface area contributed by atoms with Crippen molar-refractivity contribution >= 4 is 0 Å². The van der Waals surface area contributed by atoms with Gasteiger partial charge in [0, 0.05) is 12.1 Å². The van der Waals surface area contributed by atoms with Gasteiger partial charge >= 0.3 is 0 Å². The maximum atomic E-state index is 4.20. The minimum absolute atomic E-state index is 0.418. The Morgan fingerprint density at radius 2 is 1.88 bits per heavy atom. The van der Waals surface area contributed by atoms with Gasteiger partial charge in [-0.05, 0) is 22.8 Å². The molecule has 4 rings (SSSR count). The molecule has 78 valence electrons. The van der Waals surface area contributed by atoms with Crippen molar-refractivity contribution in [1.29, 1.82) is 0 Å². The normalized spacial score (nSPS) is 33.1. The van der Waals surface area contributed by atoms with Crippen LogP contribution in [-0.2, 0) is 0 Å². The van der Waals surface area contributed by atoms with E-state index in [1.165, 1.54) is 16.7 Å². The summed E-state index contributed by atoms with van der Waals surface area (Å²) in [7, 11) is 0. The largest absolute Gasteiger partial charge is 0.359 e. The highest BCUT2D eigenvalue weighted by Crippen LogP contribution is 2.58. The van der Waals surface area contributed by atoms with Crippen LogP contribution in [0.5, 0.6) is 0 Å². The van der Waals surface area contributed by atoms with Crippen LogP contribution in [0, 0.1) is 0 Å². The van der Waals surface area contributed by atoms with Gasteiger partial charge in [-0.2, -0.15) is 0 Å². The van der Waals surface area contributed by atoms with Crippen molar-refractivity contribution in [2.45, 2.75) is 18.0 Å². The Morgan fingerprint density at radius 1 is 1.06 bits per heavy atom. The molecule has 3 atom stereocenters. The highest BCUT2D eigenvalue weighted by molar-refractivity contribution is 5.56. The minimum Gasteiger partial charge on any atom is -0.359 e. The molecule has 1 aromatic carbocycles. The third-order valence-corrected chi connectivity index (χ3v) is 3.94. The maximum Gasteiger partial charge on any atom is 0.0733 e. The van der Waals surface area contributed by atoms with Crippen molar-refractivity contribution in [3.8, 4) is 0 Å². The first-order chi connectivity index (χ1) is 7.88. The molecule has 0 bridgehead atoms. The second-order valence-electron chi connectivity index (χ2n) is 4.74. The zero-order chi connectivity index (χ0) is 10.7. The molecule has 0 spiro atoms. The molecule has 1 aromatic rings. The SMILES string of the molecule is C=C1C2c3ccccc3C3C=CC=CN3C12. The number of allylic oxidation sites excluding steroid dienone is 2. The van der Waals surface area contributed by atoms with Gasteiger partial charge in [0.05, 0.1) is 12.1 Å². The van der Waals surface area contributed by atoms with E-state index < -0.39 is 0 Å². The molecule has 0 amide bonds. The molecule has 1 nitrogen and oxygen atoms in total. The lowest BCUT2D eigenvalue weighted by molar-refractivity contribution is 0.297. The molecule has 0 radical (unpaired) electrons. The van der Waals surface area contributed by atoms with Crippen LogP contribution in [0.3, 0.4) is 0 Å². The molecule has 1 fully saturated rings. The molecular weight excluding hydrogens is 194 g/mol. The Kier molecular flexibility index (Phi) is 1.40. The highest BCUT2D eigenvalue weighted by Gasteiger charge is 2.53. The number of benzene rings is 1. The highest BCUT2D eigenvalue weighted by atomic mass is 15.2. The molecule has 2 heterocycles. The minimum atomic E-state index is 0.418. The Bertz CT molecular complexity index is 538. The molecule has 16 heavy (non-hydrogen) atoms. The molecule has 3 aliphatic rings. The molecule has 0 N–H and O–H groups in total. The number of nitrogens with zero attached hydrogens (tertiary/aromatic N) is 1. The van der Waals surface area contributed by atoms with Gasteiger partial charge < -0.3 is 4.90 Å². The van der Waals surface area contributed by atoms with Crippen LogP contribution >= 0.6 is 0 Å². The van der Waals surface area contributed by atoms with E-state index >= 15 is 0 Å². The Balaban J connectivity index is 1.95. The van der Waals surface area contributed by atoms with Crippen molar-refractivity contribution < 1.29 is 0 Å². The van der Waals surface area contributed by atoms with Crippen LogP contribution in [0.2, 0.25) is 0 Å². The Morgan fingerprint density at radius 3 is 2.75 bits per heavy atom. The van der Waals surface area contributed by atoms with Crippen LogP contribution in [-0.4, -0.2) is 10.9 Å². The van der Waals surface area contributed by atoms with Crippen molar-refractivity contribution in [1.82, 2.24) is 4.90 Å². The van der Waals surface area contributed by atoms with Gasteiger partial charge in [-0.25, -0.2) is 0 Å². The number of hydrogen-bond acceptors (Lipinski definition) is 1. The van der Waals surface area contributed by atoms with Crippen LogP contribution < -0.4 is 0 Å². The summed E-state index contributed by atoms with van der Waals surface area (Å²) in [6, 6.07) is 9.74. The van der Waals surface area contributed by atoms with Crippen LogP contribution in [0.4, 0.5) is 0 Å². The topological polar surface area (TPSA) is 3.24 Å². The summed E-state index contributed by atoms with van der Waals surface area (Å²) in [6.45, 7) is 4.20. The summed E-state index contributed by atoms with van der Waals surface area (Å²) in [5.41, 5.74) is 4.30. The Hall–Kier alpha value is -1.76. The fourth-order valence-electron chi connectivity index (χ4n) is 3.14. The summed E-state index contributed by atoms with van der Waals surface area (Å²) in [5.74, 6) is 0.573. The number of hydrogen-bond donors (Lipinski definition) is 0. The molecular formula is C15H13N. The van der Waals surface area contributed by atoms with E-state index in [0.29, 0.717) is 18.0 Å². The zero-order valence-electron chi connectivity index (χ0n) is 9.01. The lowest BCUT2D eigenvalue weighted by Crippen LogP contribution is -2.30. The second-order valence-corrected chi connectivity index (χ2v) is 4.74.